The molecule has 170 valence electrons. The molecule has 0 fully saturated rings. The van der Waals surface area contributed by atoms with Crippen LogP contribution in [-0.2, 0) is 25.6 Å². The number of hydrogen-bond acceptors (Lipinski definition) is 5. The topological polar surface area (TPSA) is 81.6 Å². The van der Waals surface area contributed by atoms with Crippen LogP contribution in [0.15, 0.2) is 48.7 Å². The van der Waals surface area contributed by atoms with Crippen molar-refractivity contribution in [3.05, 3.63) is 70.9 Å². The number of para-hydroxylation sites is 1. The number of amides is 1. The van der Waals surface area contributed by atoms with Crippen molar-refractivity contribution in [2.75, 3.05) is 23.3 Å². The van der Waals surface area contributed by atoms with Gasteiger partial charge in [0.05, 0.1) is 0 Å². The number of carboxylic acid groups (broad SMARTS) is 1. The molecule has 0 bridgehead atoms. The molecule has 33 heavy (non-hydrogen) atoms. The predicted octanol–water partition coefficient (Wildman–Crippen LogP) is 4.97. The largest absolute Gasteiger partial charge is 0.465 e. The Kier molecular flexibility index (Phi) is 5.07. The van der Waals surface area contributed by atoms with Gasteiger partial charge >= 0.3 is 12.3 Å². The van der Waals surface area contributed by atoms with Crippen molar-refractivity contribution < 1.29 is 23.1 Å². The Balaban J connectivity index is 1.46. The van der Waals surface area contributed by atoms with Crippen molar-refractivity contribution in [2.24, 2.45) is 0 Å². The Morgan fingerprint density at radius 3 is 2.61 bits per heavy atom. The molecular weight excluding hydrogens is 435 g/mol. The molecule has 2 aromatic carbocycles. The van der Waals surface area contributed by atoms with E-state index < -0.39 is 17.8 Å². The van der Waals surface area contributed by atoms with Crippen LogP contribution in [0, 0.1) is 0 Å². The second kappa shape index (κ2) is 7.95. The Morgan fingerprint density at radius 1 is 1.03 bits per heavy atom. The van der Waals surface area contributed by atoms with Gasteiger partial charge in [-0.05, 0) is 47.7 Å². The number of anilines is 4. The summed E-state index contributed by atoms with van der Waals surface area (Å²) in [6.07, 6.45) is -3.54. The molecule has 5 rings (SSSR count). The number of hydrogen-bond donors (Lipinski definition) is 2. The van der Waals surface area contributed by atoms with Gasteiger partial charge in [-0.2, -0.15) is 18.2 Å². The lowest BCUT2D eigenvalue weighted by Crippen LogP contribution is -2.34. The Hall–Kier alpha value is -3.82. The van der Waals surface area contributed by atoms with Crippen LogP contribution in [-0.4, -0.2) is 39.2 Å². The van der Waals surface area contributed by atoms with E-state index in [-0.39, 0.29) is 11.8 Å². The summed E-state index contributed by atoms with van der Waals surface area (Å²) < 4.78 is 41.2. The van der Waals surface area contributed by atoms with E-state index in [2.05, 4.69) is 15.3 Å². The number of nitrogens with one attached hydrogen (secondary N) is 1. The minimum Gasteiger partial charge on any atom is -0.465 e. The third-order valence-corrected chi connectivity index (χ3v) is 5.96. The van der Waals surface area contributed by atoms with Gasteiger partial charge in [0, 0.05) is 37.2 Å². The van der Waals surface area contributed by atoms with Gasteiger partial charge in [-0.1, -0.05) is 24.3 Å². The first-order valence-electron chi connectivity index (χ1n) is 10.5. The number of fused-ring (bicyclic) bond motifs is 2. The third kappa shape index (κ3) is 4.04. The molecule has 2 aliphatic rings. The van der Waals surface area contributed by atoms with Crippen LogP contribution in [0.5, 0.6) is 0 Å². The molecule has 0 spiro atoms. The first kappa shape index (κ1) is 21.0. The van der Waals surface area contributed by atoms with Crippen molar-refractivity contribution in [1.29, 1.82) is 0 Å². The summed E-state index contributed by atoms with van der Waals surface area (Å²) in [5.41, 5.74) is 3.32. The van der Waals surface area contributed by atoms with Gasteiger partial charge in [0.2, 0.25) is 5.95 Å². The fourth-order valence-electron chi connectivity index (χ4n) is 4.32. The first-order valence-corrected chi connectivity index (χ1v) is 10.5. The van der Waals surface area contributed by atoms with E-state index in [0.29, 0.717) is 43.9 Å². The van der Waals surface area contributed by atoms with E-state index in [4.69, 9.17) is 0 Å². The molecule has 2 N–H and O–H groups in total. The summed E-state index contributed by atoms with van der Waals surface area (Å²) in [4.78, 5) is 22.3. The molecule has 0 saturated heterocycles. The summed E-state index contributed by atoms with van der Waals surface area (Å²) >= 11 is 0. The number of alkyl halides is 3. The second-order valence-corrected chi connectivity index (χ2v) is 8.02. The zero-order valence-corrected chi connectivity index (χ0v) is 17.4. The predicted molar refractivity (Wildman–Crippen MR) is 116 cm³/mol. The normalized spacial score (nSPS) is 15.2. The molecule has 0 radical (unpaired) electrons. The molecule has 10 heteroatoms. The number of nitrogens with zero attached hydrogens (tertiary/aromatic N) is 4. The summed E-state index contributed by atoms with van der Waals surface area (Å²) in [7, 11) is 0. The average molecular weight is 455 g/mol. The lowest BCUT2D eigenvalue weighted by molar-refractivity contribution is -0.137. The Bertz CT molecular complexity index is 1230. The van der Waals surface area contributed by atoms with E-state index >= 15 is 0 Å². The fraction of sp³-hybridized carbons (Fsp3) is 0.261. The third-order valence-electron chi connectivity index (χ3n) is 5.96. The lowest BCUT2D eigenvalue weighted by atomic mass is 9.99. The highest BCUT2D eigenvalue weighted by Crippen LogP contribution is 2.41. The second-order valence-electron chi connectivity index (χ2n) is 8.02. The van der Waals surface area contributed by atoms with Crippen LogP contribution >= 0.6 is 0 Å². The van der Waals surface area contributed by atoms with Gasteiger partial charge in [0.1, 0.15) is 5.56 Å². The molecule has 1 amide bonds. The van der Waals surface area contributed by atoms with Crippen LogP contribution in [0.4, 0.5) is 41.1 Å². The van der Waals surface area contributed by atoms with Gasteiger partial charge in [0.15, 0.2) is 5.82 Å². The van der Waals surface area contributed by atoms with Gasteiger partial charge < -0.3 is 20.2 Å². The van der Waals surface area contributed by atoms with E-state index in [9.17, 15) is 23.1 Å². The quantitative estimate of drug-likeness (QED) is 0.581. The van der Waals surface area contributed by atoms with Crippen LogP contribution in [0.1, 0.15) is 22.3 Å². The van der Waals surface area contributed by atoms with Gasteiger partial charge in [-0.25, -0.2) is 9.78 Å². The maximum Gasteiger partial charge on any atom is 0.421 e. The highest BCUT2D eigenvalue weighted by molar-refractivity contribution is 5.71. The van der Waals surface area contributed by atoms with Crippen molar-refractivity contribution in [1.82, 2.24) is 14.9 Å². The summed E-state index contributed by atoms with van der Waals surface area (Å²) in [6, 6.07) is 12.8. The summed E-state index contributed by atoms with van der Waals surface area (Å²) in [5.74, 6) is -0.120. The van der Waals surface area contributed by atoms with Crippen LogP contribution < -0.4 is 10.2 Å². The smallest absolute Gasteiger partial charge is 0.421 e. The Morgan fingerprint density at radius 2 is 1.82 bits per heavy atom. The number of carbonyl (C=O) groups is 1. The van der Waals surface area contributed by atoms with Crippen molar-refractivity contribution in [2.45, 2.75) is 25.6 Å². The molecule has 2 aliphatic heterocycles. The highest BCUT2D eigenvalue weighted by Gasteiger charge is 2.38. The zero-order chi connectivity index (χ0) is 23.2. The molecule has 7 nitrogen and oxygen atoms in total. The van der Waals surface area contributed by atoms with E-state index in [1.807, 2.05) is 24.3 Å². The van der Waals surface area contributed by atoms with Gasteiger partial charge in [0.25, 0.3) is 0 Å². The molecule has 0 aliphatic carbocycles. The average Bonchev–Trinajstić information content (AvgIpc) is 3.22. The molecular formula is C23H20F3N5O2. The Labute approximate surface area is 187 Å². The number of halogens is 3. The summed E-state index contributed by atoms with van der Waals surface area (Å²) in [6.45, 7) is 1.10. The molecule has 1 aromatic heterocycles. The fourth-order valence-corrected chi connectivity index (χ4v) is 4.32. The SMILES string of the molecule is O=C(O)N1CCc2cc(Nc3ncc(C(F)(F)F)c(N4CCc5ccccc54)n3)ccc2C1. The van der Waals surface area contributed by atoms with Crippen molar-refractivity contribution in [3.63, 3.8) is 0 Å². The number of benzene rings is 2. The van der Waals surface area contributed by atoms with Crippen molar-refractivity contribution >= 4 is 29.2 Å². The van der Waals surface area contributed by atoms with E-state index in [1.54, 1.807) is 23.1 Å². The highest BCUT2D eigenvalue weighted by atomic mass is 19.4. The van der Waals surface area contributed by atoms with Crippen molar-refractivity contribution in [3.8, 4) is 0 Å². The number of aromatic nitrogens is 2. The minimum absolute atomic E-state index is 0.0605. The molecule has 0 unspecified atom stereocenters. The van der Waals surface area contributed by atoms with Gasteiger partial charge in [-0.15, -0.1) is 0 Å². The molecule has 3 heterocycles. The minimum atomic E-state index is -4.59. The maximum absolute atomic E-state index is 13.7. The maximum atomic E-state index is 13.7. The first-order chi connectivity index (χ1) is 15.8. The number of rotatable bonds is 3. The lowest BCUT2D eigenvalue weighted by Gasteiger charge is -2.27. The molecule has 3 aromatic rings. The van der Waals surface area contributed by atoms with Crippen LogP contribution in [0.3, 0.4) is 0 Å². The van der Waals surface area contributed by atoms with Gasteiger partial charge in [-0.3, -0.25) is 0 Å². The zero-order valence-electron chi connectivity index (χ0n) is 17.4. The molecule has 0 saturated carbocycles. The molecule has 0 atom stereocenters. The monoisotopic (exact) mass is 455 g/mol. The van der Waals surface area contributed by atoms with Crippen LogP contribution in [0.25, 0.3) is 0 Å². The van der Waals surface area contributed by atoms with E-state index in [1.165, 1.54) is 4.90 Å². The van der Waals surface area contributed by atoms with Crippen LogP contribution in [0.2, 0.25) is 0 Å². The van der Waals surface area contributed by atoms with E-state index in [0.717, 1.165) is 22.9 Å². The standard InChI is InChI=1S/C23H20F3N5O2/c24-23(25,26)18-12-27-21(29-20(18)31-10-8-14-3-1-2-4-19(14)31)28-17-6-5-16-13-30(22(32)33)9-7-15(16)11-17/h1-6,11-12H,7-10,13H2,(H,32,33)(H,27,28,29). The summed E-state index contributed by atoms with van der Waals surface area (Å²) in [5, 5.41) is 12.2.